The lowest BCUT2D eigenvalue weighted by Gasteiger charge is -2.08. The third-order valence-corrected chi connectivity index (χ3v) is 4.67. The first-order valence-corrected chi connectivity index (χ1v) is 8.27. The standard InChI is InChI=1S/C19H16O2S/c20-19(21)18-11-4-2-7-16(18)13-22-12-15-9-5-8-14-6-1-3-10-17(14)15/h1-11H,12-13H2,(H,20,21). The molecule has 0 bridgehead atoms. The van der Waals surface area contributed by atoms with E-state index in [9.17, 15) is 9.90 Å². The molecule has 0 fully saturated rings. The van der Waals surface area contributed by atoms with Gasteiger partial charge in [0.1, 0.15) is 0 Å². The second kappa shape index (κ2) is 6.67. The predicted molar refractivity (Wildman–Crippen MR) is 92.3 cm³/mol. The molecule has 0 aliphatic heterocycles. The van der Waals surface area contributed by atoms with Crippen molar-refractivity contribution in [3.63, 3.8) is 0 Å². The van der Waals surface area contributed by atoms with Gasteiger partial charge in [-0.25, -0.2) is 4.79 Å². The van der Waals surface area contributed by atoms with Crippen LogP contribution in [-0.2, 0) is 11.5 Å². The summed E-state index contributed by atoms with van der Waals surface area (Å²) in [4.78, 5) is 11.2. The minimum atomic E-state index is -0.860. The Hall–Kier alpha value is -2.26. The van der Waals surface area contributed by atoms with Crippen LogP contribution in [0.4, 0.5) is 0 Å². The van der Waals surface area contributed by atoms with Crippen molar-refractivity contribution in [3.05, 3.63) is 83.4 Å². The molecule has 0 saturated carbocycles. The quantitative estimate of drug-likeness (QED) is 0.723. The first-order chi connectivity index (χ1) is 10.8. The molecule has 0 saturated heterocycles. The molecule has 0 aliphatic rings. The van der Waals surface area contributed by atoms with Gasteiger partial charge in [-0.15, -0.1) is 0 Å². The summed E-state index contributed by atoms with van der Waals surface area (Å²) >= 11 is 1.74. The Morgan fingerprint density at radius 2 is 1.45 bits per heavy atom. The first-order valence-electron chi connectivity index (χ1n) is 7.11. The lowest BCUT2D eigenvalue weighted by molar-refractivity contribution is 0.0696. The van der Waals surface area contributed by atoms with Gasteiger partial charge in [0.2, 0.25) is 0 Å². The van der Waals surface area contributed by atoms with Crippen LogP contribution in [0.1, 0.15) is 21.5 Å². The maximum absolute atomic E-state index is 11.2. The topological polar surface area (TPSA) is 37.3 Å². The molecule has 0 unspecified atom stereocenters. The third kappa shape index (κ3) is 3.15. The number of rotatable bonds is 5. The smallest absolute Gasteiger partial charge is 0.335 e. The fourth-order valence-electron chi connectivity index (χ4n) is 2.54. The van der Waals surface area contributed by atoms with Crippen molar-refractivity contribution in [3.8, 4) is 0 Å². The van der Waals surface area contributed by atoms with Crippen LogP contribution >= 0.6 is 11.8 Å². The summed E-state index contributed by atoms with van der Waals surface area (Å²) in [7, 11) is 0. The van der Waals surface area contributed by atoms with E-state index in [0.717, 1.165) is 11.3 Å². The molecule has 0 heterocycles. The summed E-state index contributed by atoms with van der Waals surface area (Å²) < 4.78 is 0. The number of hydrogen-bond donors (Lipinski definition) is 1. The van der Waals surface area contributed by atoms with Crippen molar-refractivity contribution in [2.24, 2.45) is 0 Å². The van der Waals surface area contributed by atoms with Crippen molar-refractivity contribution in [2.75, 3.05) is 0 Å². The second-order valence-electron chi connectivity index (χ2n) is 5.09. The number of aromatic carboxylic acids is 1. The van der Waals surface area contributed by atoms with E-state index in [0.29, 0.717) is 11.3 Å². The molecule has 110 valence electrons. The van der Waals surface area contributed by atoms with Crippen molar-refractivity contribution >= 4 is 28.5 Å². The largest absolute Gasteiger partial charge is 0.478 e. The highest BCUT2D eigenvalue weighted by Gasteiger charge is 2.09. The fraction of sp³-hybridized carbons (Fsp3) is 0.105. The Morgan fingerprint density at radius 3 is 2.32 bits per heavy atom. The molecule has 1 N–H and O–H groups in total. The monoisotopic (exact) mass is 308 g/mol. The number of carboxylic acids is 1. The molecule has 3 aromatic carbocycles. The van der Waals surface area contributed by atoms with Gasteiger partial charge in [-0.05, 0) is 28.0 Å². The molecule has 0 amide bonds. The van der Waals surface area contributed by atoms with E-state index in [1.165, 1.54) is 16.3 Å². The van der Waals surface area contributed by atoms with E-state index in [1.807, 2.05) is 18.2 Å². The van der Waals surface area contributed by atoms with Crippen molar-refractivity contribution in [1.29, 1.82) is 0 Å². The first kappa shape index (κ1) is 14.7. The Bertz CT molecular complexity index is 806. The zero-order valence-corrected chi connectivity index (χ0v) is 12.8. The van der Waals surface area contributed by atoms with Crippen LogP contribution in [0.15, 0.2) is 66.7 Å². The zero-order valence-electron chi connectivity index (χ0n) is 12.0. The molecule has 0 aromatic heterocycles. The third-order valence-electron chi connectivity index (χ3n) is 3.64. The van der Waals surface area contributed by atoms with Gasteiger partial charge in [0, 0.05) is 11.5 Å². The zero-order chi connectivity index (χ0) is 15.4. The van der Waals surface area contributed by atoms with Gasteiger partial charge in [0.05, 0.1) is 5.56 Å². The Morgan fingerprint density at radius 1 is 0.818 bits per heavy atom. The van der Waals surface area contributed by atoms with Gasteiger partial charge >= 0.3 is 5.97 Å². The molecular formula is C19H16O2S. The van der Waals surface area contributed by atoms with Crippen LogP contribution in [0.5, 0.6) is 0 Å². The maximum atomic E-state index is 11.2. The summed E-state index contributed by atoms with van der Waals surface area (Å²) in [6, 6.07) is 21.9. The van der Waals surface area contributed by atoms with Crippen LogP contribution in [-0.4, -0.2) is 11.1 Å². The molecule has 0 aliphatic carbocycles. The minimum Gasteiger partial charge on any atom is -0.478 e. The lowest BCUT2D eigenvalue weighted by Crippen LogP contribution is -2.01. The van der Waals surface area contributed by atoms with Crippen LogP contribution in [0.3, 0.4) is 0 Å². The van der Waals surface area contributed by atoms with Crippen molar-refractivity contribution in [2.45, 2.75) is 11.5 Å². The van der Waals surface area contributed by atoms with Gasteiger partial charge in [0.15, 0.2) is 0 Å². The van der Waals surface area contributed by atoms with Crippen LogP contribution in [0, 0.1) is 0 Å². The van der Waals surface area contributed by atoms with Gasteiger partial charge in [-0.2, -0.15) is 11.8 Å². The number of benzene rings is 3. The summed E-state index contributed by atoms with van der Waals surface area (Å²) in [5.41, 5.74) is 2.56. The normalized spacial score (nSPS) is 10.7. The SMILES string of the molecule is O=C(O)c1ccccc1CSCc1cccc2ccccc12. The van der Waals surface area contributed by atoms with Crippen molar-refractivity contribution in [1.82, 2.24) is 0 Å². The molecule has 0 spiro atoms. The number of hydrogen-bond acceptors (Lipinski definition) is 2. The summed E-state index contributed by atoms with van der Waals surface area (Å²) in [6.07, 6.45) is 0. The predicted octanol–water partition coefficient (Wildman–Crippen LogP) is 4.97. The summed E-state index contributed by atoms with van der Waals surface area (Å²) in [5, 5.41) is 11.7. The Kier molecular flexibility index (Phi) is 4.45. The molecule has 0 radical (unpaired) electrons. The summed E-state index contributed by atoms with van der Waals surface area (Å²) in [5.74, 6) is 0.711. The molecular weight excluding hydrogens is 292 g/mol. The molecule has 3 heteroatoms. The van der Waals surface area contributed by atoms with E-state index >= 15 is 0 Å². The highest BCUT2D eigenvalue weighted by Crippen LogP contribution is 2.25. The number of carbonyl (C=O) groups is 1. The Balaban J connectivity index is 1.74. The van der Waals surface area contributed by atoms with Gasteiger partial charge < -0.3 is 5.11 Å². The molecule has 0 atom stereocenters. The highest BCUT2D eigenvalue weighted by atomic mass is 32.2. The average molecular weight is 308 g/mol. The lowest BCUT2D eigenvalue weighted by atomic mass is 10.1. The van der Waals surface area contributed by atoms with Crippen LogP contribution < -0.4 is 0 Å². The van der Waals surface area contributed by atoms with E-state index in [1.54, 1.807) is 23.9 Å². The Labute approximate surface area is 133 Å². The number of thioether (sulfide) groups is 1. The molecule has 3 rings (SSSR count). The molecule has 22 heavy (non-hydrogen) atoms. The van der Waals surface area contributed by atoms with Gasteiger partial charge in [-0.3, -0.25) is 0 Å². The fourth-order valence-corrected chi connectivity index (χ4v) is 3.59. The van der Waals surface area contributed by atoms with E-state index < -0.39 is 5.97 Å². The van der Waals surface area contributed by atoms with Crippen LogP contribution in [0.25, 0.3) is 10.8 Å². The van der Waals surface area contributed by atoms with Crippen LogP contribution in [0.2, 0.25) is 0 Å². The molecule has 2 nitrogen and oxygen atoms in total. The van der Waals surface area contributed by atoms with Gasteiger partial charge in [-0.1, -0.05) is 60.7 Å². The maximum Gasteiger partial charge on any atom is 0.335 e. The average Bonchev–Trinajstić information content (AvgIpc) is 2.55. The number of fused-ring (bicyclic) bond motifs is 1. The van der Waals surface area contributed by atoms with Crippen molar-refractivity contribution < 1.29 is 9.90 Å². The number of carboxylic acid groups (broad SMARTS) is 1. The van der Waals surface area contributed by atoms with Gasteiger partial charge in [0.25, 0.3) is 0 Å². The molecule has 3 aromatic rings. The summed E-state index contributed by atoms with van der Waals surface area (Å²) in [6.45, 7) is 0. The minimum absolute atomic E-state index is 0.396. The highest BCUT2D eigenvalue weighted by molar-refractivity contribution is 7.97. The van der Waals surface area contributed by atoms with E-state index in [-0.39, 0.29) is 0 Å². The van der Waals surface area contributed by atoms with E-state index in [2.05, 4.69) is 36.4 Å². The second-order valence-corrected chi connectivity index (χ2v) is 6.08. The van der Waals surface area contributed by atoms with E-state index in [4.69, 9.17) is 0 Å².